The summed E-state index contributed by atoms with van der Waals surface area (Å²) in [7, 11) is 1.73. The number of halogens is 1. The highest BCUT2D eigenvalue weighted by Gasteiger charge is 2.29. The van der Waals surface area contributed by atoms with Crippen molar-refractivity contribution in [3.05, 3.63) is 22.8 Å². The van der Waals surface area contributed by atoms with Gasteiger partial charge in [-0.3, -0.25) is 0 Å². The molecule has 0 unspecified atom stereocenters. The van der Waals surface area contributed by atoms with Gasteiger partial charge in [0.05, 0.1) is 17.3 Å². The summed E-state index contributed by atoms with van der Waals surface area (Å²) in [6.45, 7) is 5.32. The maximum absolute atomic E-state index is 6.19. The van der Waals surface area contributed by atoms with Crippen molar-refractivity contribution in [3.8, 4) is 0 Å². The number of ether oxygens (including phenoxy) is 1. The minimum absolute atomic E-state index is 0.621. The van der Waals surface area contributed by atoms with Crippen LogP contribution in [0.3, 0.4) is 0 Å². The van der Waals surface area contributed by atoms with Gasteiger partial charge in [-0.25, -0.2) is 4.98 Å². The summed E-state index contributed by atoms with van der Waals surface area (Å²) in [5.41, 5.74) is 0.920. The van der Waals surface area contributed by atoms with E-state index in [1.807, 2.05) is 12.1 Å². The first-order valence-electron chi connectivity index (χ1n) is 6.88. The van der Waals surface area contributed by atoms with Gasteiger partial charge in [-0.05, 0) is 31.5 Å². The second-order valence-electron chi connectivity index (χ2n) is 4.80. The molecule has 0 bridgehead atoms. The zero-order valence-electron chi connectivity index (χ0n) is 11.7. The Hall–Kier alpha value is -0.840. The highest BCUT2D eigenvalue weighted by atomic mass is 35.5. The fourth-order valence-electron chi connectivity index (χ4n) is 2.06. The number of methoxy groups -OCH3 is 1. The minimum Gasteiger partial charge on any atom is -0.383 e. The summed E-state index contributed by atoms with van der Waals surface area (Å²) < 4.78 is 5.18. The maximum atomic E-state index is 6.19. The molecule has 0 aromatic carbocycles. The number of pyridine rings is 1. The van der Waals surface area contributed by atoms with Crippen molar-refractivity contribution in [3.63, 3.8) is 0 Å². The van der Waals surface area contributed by atoms with E-state index in [9.17, 15) is 0 Å². The maximum Gasteiger partial charge on any atom is 0.129 e. The molecule has 0 aliphatic heterocycles. The number of aromatic nitrogens is 1. The third-order valence-electron chi connectivity index (χ3n) is 3.26. The van der Waals surface area contributed by atoms with E-state index in [0.717, 1.165) is 36.2 Å². The lowest BCUT2D eigenvalue weighted by molar-refractivity contribution is 0.204. The molecule has 19 heavy (non-hydrogen) atoms. The zero-order valence-corrected chi connectivity index (χ0v) is 12.4. The van der Waals surface area contributed by atoms with Crippen LogP contribution in [0.5, 0.6) is 0 Å². The molecule has 1 aliphatic rings. The molecule has 2 rings (SSSR count). The van der Waals surface area contributed by atoms with Crippen LogP contribution in [0.1, 0.15) is 25.5 Å². The number of hydrogen-bond donors (Lipinski definition) is 1. The standard InChI is InChI=1S/C14H22ClN3O/c1-3-16-10-13-12(15)6-7-14(17-13)18(8-9-19-2)11-4-5-11/h6-7,11,16H,3-5,8-10H2,1-2H3. The number of rotatable bonds is 8. The fourth-order valence-corrected chi connectivity index (χ4v) is 2.23. The molecule has 0 atom stereocenters. The molecule has 4 nitrogen and oxygen atoms in total. The van der Waals surface area contributed by atoms with E-state index in [4.69, 9.17) is 21.3 Å². The Bertz CT molecular complexity index is 410. The average molecular weight is 284 g/mol. The van der Waals surface area contributed by atoms with Crippen molar-refractivity contribution in [2.45, 2.75) is 32.4 Å². The summed E-state index contributed by atoms with van der Waals surface area (Å²) in [4.78, 5) is 7.03. The number of anilines is 1. The quantitative estimate of drug-likeness (QED) is 0.795. The Morgan fingerprint density at radius 1 is 1.47 bits per heavy atom. The number of hydrogen-bond acceptors (Lipinski definition) is 4. The summed E-state index contributed by atoms with van der Waals surface area (Å²) in [6, 6.07) is 4.57. The number of nitrogens with one attached hydrogen (secondary N) is 1. The van der Waals surface area contributed by atoms with Gasteiger partial charge in [0, 0.05) is 26.2 Å². The van der Waals surface area contributed by atoms with E-state index in [2.05, 4.69) is 17.1 Å². The van der Waals surface area contributed by atoms with Crippen LogP contribution < -0.4 is 10.2 Å². The van der Waals surface area contributed by atoms with Gasteiger partial charge in [0.25, 0.3) is 0 Å². The van der Waals surface area contributed by atoms with Gasteiger partial charge in [0.2, 0.25) is 0 Å². The number of nitrogens with zero attached hydrogens (tertiary/aromatic N) is 2. The van der Waals surface area contributed by atoms with Crippen molar-refractivity contribution in [2.24, 2.45) is 0 Å². The molecule has 0 spiro atoms. The van der Waals surface area contributed by atoms with Crippen LogP contribution in [0.15, 0.2) is 12.1 Å². The Balaban J connectivity index is 2.12. The van der Waals surface area contributed by atoms with Crippen molar-refractivity contribution in [2.75, 3.05) is 31.7 Å². The lowest BCUT2D eigenvalue weighted by atomic mass is 10.3. The van der Waals surface area contributed by atoms with Crippen LogP contribution in [-0.4, -0.2) is 37.8 Å². The zero-order chi connectivity index (χ0) is 13.7. The minimum atomic E-state index is 0.621. The molecule has 0 amide bonds. The molecule has 1 aromatic rings. The van der Waals surface area contributed by atoms with Gasteiger partial charge in [0.1, 0.15) is 5.82 Å². The Kier molecular flexibility index (Phi) is 5.43. The molecule has 0 saturated heterocycles. The average Bonchev–Trinajstić information content (AvgIpc) is 3.24. The molecule has 0 radical (unpaired) electrons. The summed E-state index contributed by atoms with van der Waals surface area (Å²) >= 11 is 6.19. The molecule has 1 saturated carbocycles. The molecule has 1 fully saturated rings. The first kappa shape index (κ1) is 14.6. The van der Waals surface area contributed by atoms with Crippen LogP contribution in [0.2, 0.25) is 5.02 Å². The monoisotopic (exact) mass is 283 g/mol. The van der Waals surface area contributed by atoms with Gasteiger partial charge >= 0.3 is 0 Å². The summed E-state index contributed by atoms with van der Waals surface area (Å²) in [6.07, 6.45) is 2.49. The Labute approximate surface area is 120 Å². The molecule has 106 valence electrons. The SMILES string of the molecule is CCNCc1nc(N(CCOC)C2CC2)ccc1Cl. The topological polar surface area (TPSA) is 37.4 Å². The first-order valence-corrected chi connectivity index (χ1v) is 7.25. The molecular weight excluding hydrogens is 262 g/mol. The molecule has 1 N–H and O–H groups in total. The molecular formula is C14H22ClN3O. The van der Waals surface area contributed by atoms with Crippen LogP contribution >= 0.6 is 11.6 Å². The van der Waals surface area contributed by atoms with Gasteiger partial charge in [-0.15, -0.1) is 0 Å². The van der Waals surface area contributed by atoms with E-state index in [-0.39, 0.29) is 0 Å². The lowest BCUT2D eigenvalue weighted by Gasteiger charge is -2.24. The van der Waals surface area contributed by atoms with Crippen molar-refractivity contribution >= 4 is 17.4 Å². The smallest absolute Gasteiger partial charge is 0.129 e. The predicted molar refractivity (Wildman–Crippen MR) is 78.9 cm³/mol. The van der Waals surface area contributed by atoms with Crippen molar-refractivity contribution in [1.29, 1.82) is 0 Å². The summed E-state index contributed by atoms with van der Waals surface area (Å²) in [5, 5.41) is 4.00. The van der Waals surface area contributed by atoms with Gasteiger partial charge in [-0.2, -0.15) is 0 Å². The van der Waals surface area contributed by atoms with E-state index in [0.29, 0.717) is 12.6 Å². The molecule has 1 aromatic heterocycles. The van der Waals surface area contributed by atoms with Crippen LogP contribution in [0, 0.1) is 0 Å². The van der Waals surface area contributed by atoms with Crippen LogP contribution in [-0.2, 0) is 11.3 Å². The molecule has 1 heterocycles. The van der Waals surface area contributed by atoms with Gasteiger partial charge in [-0.1, -0.05) is 18.5 Å². The lowest BCUT2D eigenvalue weighted by Crippen LogP contribution is -2.30. The molecule has 5 heteroatoms. The van der Waals surface area contributed by atoms with E-state index < -0.39 is 0 Å². The molecule has 1 aliphatic carbocycles. The normalized spacial score (nSPS) is 14.7. The largest absolute Gasteiger partial charge is 0.383 e. The first-order chi connectivity index (χ1) is 9.26. The third-order valence-corrected chi connectivity index (χ3v) is 3.61. The van der Waals surface area contributed by atoms with Gasteiger partial charge < -0.3 is 15.0 Å². The third kappa shape index (κ3) is 4.06. The summed E-state index contributed by atoms with van der Waals surface area (Å²) in [5.74, 6) is 1.01. The Morgan fingerprint density at radius 3 is 2.89 bits per heavy atom. The predicted octanol–water partition coefficient (Wildman–Crippen LogP) is 2.46. The van der Waals surface area contributed by atoms with Crippen LogP contribution in [0.25, 0.3) is 0 Å². The van der Waals surface area contributed by atoms with Gasteiger partial charge in [0.15, 0.2) is 0 Å². The van der Waals surface area contributed by atoms with E-state index in [1.54, 1.807) is 7.11 Å². The van der Waals surface area contributed by atoms with Crippen molar-refractivity contribution in [1.82, 2.24) is 10.3 Å². The fraction of sp³-hybridized carbons (Fsp3) is 0.643. The van der Waals surface area contributed by atoms with E-state index >= 15 is 0 Å². The highest BCUT2D eigenvalue weighted by Crippen LogP contribution is 2.31. The Morgan fingerprint density at radius 2 is 2.26 bits per heavy atom. The van der Waals surface area contributed by atoms with Crippen molar-refractivity contribution < 1.29 is 4.74 Å². The van der Waals surface area contributed by atoms with E-state index in [1.165, 1.54) is 12.8 Å². The second kappa shape index (κ2) is 7.08. The second-order valence-corrected chi connectivity index (χ2v) is 5.20. The van der Waals surface area contributed by atoms with Crippen LogP contribution in [0.4, 0.5) is 5.82 Å². The highest BCUT2D eigenvalue weighted by molar-refractivity contribution is 6.31.